The number of halogens is 1. The lowest BCUT2D eigenvalue weighted by molar-refractivity contribution is 0.0966. The molecule has 0 aliphatic heterocycles. The van der Waals surface area contributed by atoms with Crippen LogP contribution >= 0.6 is 22.9 Å². The van der Waals surface area contributed by atoms with Gasteiger partial charge in [-0.15, -0.1) is 11.3 Å². The summed E-state index contributed by atoms with van der Waals surface area (Å²) in [6.45, 7) is 4.68. The Labute approximate surface area is 203 Å². The molecule has 5 aromatic rings. The number of para-hydroxylation sites is 1. The van der Waals surface area contributed by atoms with Crippen molar-refractivity contribution in [2.75, 3.05) is 5.43 Å². The molecule has 3 aromatic heterocycles. The molecule has 0 atom stereocenters. The Morgan fingerprint density at radius 1 is 1.12 bits per heavy atom. The van der Waals surface area contributed by atoms with E-state index in [1.165, 1.54) is 15.9 Å². The van der Waals surface area contributed by atoms with E-state index in [-0.39, 0.29) is 17.4 Å². The van der Waals surface area contributed by atoms with Crippen LogP contribution in [0.2, 0.25) is 5.02 Å². The minimum Gasteiger partial charge on any atom is -0.277 e. The molecule has 2 N–H and O–H groups in total. The van der Waals surface area contributed by atoms with E-state index in [1.54, 1.807) is 18.2 Å². The SMILES string of the molecule is CCn1c(NNC(=O)c2cc3c(C)nn(Cc4ccccc4Cl)c3s2)nc2ccccc2c1=O. The van der Waals surface area contributed by atoms with Crippen LogP contribution in [-0.2, 0) is 13.1 Å². The molecule has 0 spiro atoms. The number of amides is 1. The quantitative estimate of drug-likeness (QED) is 0.338. The van der Waals surface area contributed by atoms with E-state index in [0.717, 1.165) is 21.5 Å². The third-order valence-corrected chi connectivity index (χ3v) is 7.09. The molecule has 0 radical (unpaired) electrons. The molecule has 8 nitrogen and oxygen atoms in total. The summed E-state index contributed by atoms with van der Waals surface area (Å²) in [5, 5.41) is 6.73. The highest BCUT2D eigenvalue weighted by atomic mass is 35.5. The molecule has 172 valence electrons. The molecule has 2 aromatic carbocycles. The molecule has 5 rings (SSSR count). The molecule has 10 heteroatoms. The van der Waals surface area contributed by atoms with E-state index in [9.17, 15) is 9.59 Å². The van der Waals surface area contributed by atoms with E-state index < -0.39 is 0 Å². The number of thiophene rings is 1. The van der Waals surface area contributed by atoms with Gasteiger partial charge in [-0.1, -0.05) is 41.9 Å². The van der Waals surface area contributed by atoms with Gasteiger partial charge in [-0.3, -0.25) is 29.7 Å². The number of fused-ring (bicyclic) bond motifs is 2. The number of rotatable bonds is 6. The van der Waals surface area contributed by atoms with Crippen molar-refractivity contribution in [1.82, 2.24) is 24.8 Å². The van der Waals surface area contributed by atoms with Gasteiger partial charge in [0.2, 0.25) is 5.95 Å². The second-order valence-electron chi connectivity index (χ2n) is 7.75. The van der Waals surface area contributed by atoms with Crippen molar-refractivity contribution in [3.8, 4) is 0 Å². The minimum absolute atomic E-state index is 0.165. The van der Waals surface area contributed by atoms with Gasteiger partial charge in [-0.2, -0.15) is 5.10 Å². The first-order chi connectivity index (χ1) is 16.5. The summed E-state index contributed by atoms with van der Waals surface area (Å²) in [5.74, 6) is -0.0447. The van der Waals surface area contributed by atoms with Crippen molar-refractivity contribution < 1.29 is 4.79 Å². The standard InChI is InChI=1S/C24H21ClN6O2S/c1-3-30-22(33)16-9-5-7-11-19(16)26-24(30)28-27-21(32)20-12-17-14(2)29-31(23(17)34-20)13-15-8-4-6-10-18(15)25/h4-12H,3,13H2,1-2H3,(H,26,28)(H,27,32). The van der Waals surface area contributed by atoms with Crippen LogP contribution in [0.1, 0.15) is 27.9 Å². The van der Waals surface area contributed by atoms with Crippen LogP contribution in [0.15, 0.2) is 59.4 Å². The second kappa shape index (κ2) is 8.92. The van der Waals surface area contributed by atoms with E-state index in [0.29, 0.717) is 33.9 Å². The summed E-state index contributed by atoms with van der Waals surface area (Å²) in [6, 6.07) is 16.6. The Balaban J connectivity index is 1.41. The molecule has 0 aliphatic rings. The van der Waals surface area contributed by atoms with Gasteiger partial charge < -0.3 is 0 Å². The van der Waals surface area contributed by atoms with Crippen LogP contribution in [0.3, 0.4) is 0 Å². The zero-order valence-electron chi connectivity index (χ0n) is 18.5. The molecule has 0 aliphatic carbocycles. The van der Waals surface area contributed by atoms with Gasteiger partial charge in [0.05, 0.1) is 28.0 Å². The molecule has 34 heavy (non-hydrogen) atoms. The number of carbonyl (C=O) groups is 1. The number of hydrogen-bond acceptors (Lipinski definition) is 6. The Morgan fingerprint density at radius 3 is 2.68 bits per heavy atom. The maximum Gasteiger partial charge on any atom is 0.279 e. The molecular formula is C24H21ClN6O2S. The first-order valence-electron chi connectivity index (χ1n) is 10.7. The predicted molar refractivity (Wildman–Crippen MR) is 136 cm³/mol. The summed E-state index contributed by atoms with van der Waals surface area (Å²) >= 11 is 7.66. The topological polar surface area (TPSA) is 93.8 Å². The van der Waals surface area contributed by atoms with E-state index in [1.807, 2.05) is 54.9 Å². The molecule has 0 saturated heterocycles. The van der Waals surface area contributed by atoms with Gasteiger partial charge in [-0.25, -0.2) is 4.98 Å². The van der Waals surface area contributed by atoms with Crippen LogP contribution in [0.25, 0.3) is 21.1 Å². The van der Waals surface area contributed by atoms with E-state index in [4.69, 9.17) is 11.6 Å². The fourth-order valence-electron chi connectivity index (χ4n) is 3.85. The molecule has 0 saturated carbocycles. The lowest BCUT2D eigenvalue weighted by atomic mass is 10.2. The highest BCUT2D eigenvalue weighted by Crippen LogP contribution is 2.29. The molecule has 0 unspecified atom stereocenters. The average Bonchev–Trinajstić information content (AvgIpc) is 3.40. The number of nitrogens with zero attached hydrogens (tertiary/aromatic N) is 4. The number of nitrogens with one attached hydrogen (secondary N) is 2. The Hall–Kier alpha value is -3.69. The smallest absolute Gasteiger partial charge is 0.277 e. The lowest BCUT2D eigenvalue weighted by Gasteiger charge is -2.13. The first kappa shape index (κ1) is 22.1. The van der Waals surface area contributed by atoms with Crippen molar-refractivity contribution in [3.05, 3.63) is 86.1 Å². The number of hydrazine groups is 1. The van der Waals surface area contributed by atoms with Crippen LogP contribution in [0, 0.1) is 6.92 Å². The van der Waals surface area contributed by atoms with Gasteiger partial charge in [0.25, 0.3) is 11.5 Å². The van der Waals surface area contributed by atoms with Crippen molar-refractivity contribution in [2.45, 2.75) is 26.9 Å². The van der Waals surface area contributed by atoms with Gasteiger partial charge in [-0.05, 0) is 43.7 Å². The highest BCUT2D eigenvalue weighted by molar-refractivity contribution is 7.20. The third-order valence-electron chi connectivity index (χ3n) is 5.57. The van der Waals surface area contributed by atoms with Crippen LogP contribution in [0.5, 0.6) is 0 Å². The van der Waals surface area contributed by atoms with Crippen molar-refractivity contribution >= 4 is 55.9 Å². The summed E-state index contributed by atoms with van der Waals surface area (Å²) < 4.78 is 3.35. The summed E-state index contributed by atoms with van der Waals surface area (Å²) in [5.41, 5.74) is 7.69. The number of aromatic nitrogens is 4. The van der Waals surface area contributed by atoms with Crippen LogP contribution in [0.4, 0.5) is 5.95 Å². The maximum atomic E-state index is 12.9. The van der Waals surface area contributed by atoms with E-state index >= 15 is 0 Å². The molecule has 0 fully saturated rings. The third kappa shape index (κ3) is 3.93. The first-order valence-corrected chi connectivity index (χ1v) is 11.9. The summed E-state index contributed by atoms with van der Waals surface area (Å²) in [6.07, 6.45) is 0. The molecule has 1 amide bonds. The number of hydrogen-bond donors (Lipinski definition) is 2. The van der Waals surface area contributed by atoms with Gasteiger partial charge in [0.1, 0.15) is 4.83 Å². The Bertz CT molecular complexity index is 1600. The van der Waals surface area contributed by atoms with Gasteiger partial charge in [0, 0.05) is 17.0 Å². The van der Waals surface area contributed by atoms with Gasteiger partial charge >= 0.3 is 0 Å². The van der Waals surface area contributed by atoms with Crippen molar-refractivity contribution in [3.63, 3.8) is 0 Å². The molecular weight excluding hydrogens is 472 g/mol. The predicted octanol–water partition coefficient (Wildman–Crippen LogP) is 4.59. The zero-order chi connectivity index (χ0) is 23.8. The number of benzene rings is 2. The summed E-state index contributed by atoms with van der Waals surface area (Å²) in [7, 11) is 0. The van der Waals surface area contributed by atoms with Crippen LogP contribution in [-0.4, -0.2) is 25.2 Å². The van der Waals surface area contributed by atoms with E-state index in [2.05, 4.69) is 20.9 Å². The second-order valence-corrected chi connectivity index (χ2v) is 9.18. The number of anilines is 1. The summed E-state index contributed by atoms with van der Waals surface area (Å²) in [4.78, 5) is 31.6. The average molecular weight is 493 g/mol. The Morgan fingerprint density at radius 2 is 1.88 bits per heavy atom. The van der Waals surface area contributed by atoms with Crippen molar-refractivity contribution in [2.24, 2.45) is 0 Å². The lowest BCUT2D eigenvalue weighted by Crippen LogP contribution is -2.34. The fourth-order valence-corrected chi connectivity index (χ4v) is 5.10. The van der Waals surface area contributed by atoms with Crippen molar-refractivity contribution in [1.29, 1.82) is 0 Å². The Kier molecular flexibility index (Phi) is 5.80. The normalized spacial score (nSPS) is 11.3. The highest BCUT2D eigenvalue weighted by Gasteiger charge is 2.18. The maximum absolute atomic E-state index is 12.9. The zero-order valence-corrected chi connectivity index (χ0v) is 20.1. The monoisotopic (exact) mass is 492 g/mol. The fraction of sp³-hybridized carbons (Fsp3) is 0.167. The van der Waals surface area contributed by atoms with Crippen LogP contribution < -0.4 is 16.4 Å². The largest absolute Gasteiger partial charge is 0.279 e. The minimum atomic E-state index is -0.324. The van der Waals surface area contributed by atoms with Gasteiger partial charge in [0.15, 0.2) is 0 Å². The number of aryl methyl sites for hydroxylation is 1. The molecule has 3 heterocycles. The molecule has 0 bridgehead atoms. The number of carbonyl (C=O) groups excluding carboxylic acids is 1.